The molecule has 1 saturated carbocycles. The minimum Gasteiger partial charge on any atom is -0.110 e. The third-order valence-electron chi connectivity index (χ3n) is 3.65. The Labute approximate surface area is 113 Å². The van der Waals surface area contributed by atoms with Gasteiger partial charge in [-0.2, -0.15) is 0 Å². The topological polar surface area (TPSA) is 0 Å². The molecule has 0 amide bonds. The second-order valence-electron chi connectivity index (χ2n) is 4.94. The predicted molar refractivity (Wildman–Crippen MR) is 77.5 cm³/mol. The highest BCUT2D eigenvalue weighted by molar-refractivity contribution is 8.19. The Morgan fingerprint density at radius 2 is 1.29 bits per heavy atom. The SMILES string of the molecule is c1ccc2c(c1)SC([C]1CCCCCCC1)S2. The van der Waals surface area contributed by atoms with Crippen LogP contribution in [0.4, 0.5) is 0 Å². The van der Waals surface area contributed by atoms with Crippen LogP contribution in [-0.2, 0) is 0 Å². The summed E-state index contributed by atoms with van der Waals surface area (Å²) in [5.74, 6) is 1.82. The summed E-state index contributed by atoms with van der Waals surface area (Å²) in [6.07, 6.45) is 9.93. The number of benzene rings is 1. The summed E-state index contributed by atoms with van der Waals surface area (Å²) in [6, 6.07) is 8.88. The molecule has 1 aliphatic carbocycles. The van der Waals surface area contributed by atoms with Gasteiger partial charge >= 0.3 is 0 Å². The van der Waals surface area contributed by atoms with E-state index in [2.05, 4.69) is 47.8 Å². The van der Waals surface area contributed by atoms with Crippen LogP contribution in [0.3, 0.4) is 0 Å². The number of hydrogen-bond donors (Lipinski definition) is 0. The van der Waals surface area contributed by atoms with Gasteiger partial charge in [0.15, 0.2) is 0 Å². The van der Waals surface area contributed by atoms with E-state index in [1.165, 1.54) is 54.7 Å². The average Bonchev–Trinajstić information content (AvgIpc) is 2.71. The van der Waals surface area contributed by atoms with Gasteiger partial charge in [-0.05, 0) is 30.9 Å². The number of fused-ring (bicyclic) bond motifs is 1. The molecule has 1 heterocycles. The van der Waals surface area contributed by atoms with E-state index in [-0.39, 0.29) is 0 Å². The summed E-state index contributed by atoms with van der Waals surface area (Å²) in [7, 11) is 0. The lowest BCUT2D eigenvalue weighted by Gasteiger charge is -2.23. The van der Waals surface area contributed by atoms with Crippen LogP contribution in [0.5, 0.6) is 0 Å². The molecule has 1 aliphatic heterocycles. The summed E-state index contributed by atoms with van der Waals surface area (Å²) in [6.45, 7) is 0. The van der Waals surface area contributed by atoms with E-state index in [0.717, 1.165) is 0 Å². The lowest BCUT2D eigenvalue weighted by Crippen LogP contribution is -2.11. The maximum absolute atomic E-state index is 2.27. The molecule has 2 aliphatic rings. The molecule has 3 rings (SSSR count). The molecule has 1 aromatic carbocycles. The van der Waals surface area contributed by atoms with Crippen molar-refractivity contribution in [3.05, 3.63) is 30.2 Å². The van der Waals surface area contributed by atoms with Gasteiger partial charge in [0.05, 0.1) is 4.58 Å². The van der Waals surface area contributed by atoms with Crippen molar-refractivity contribution in [2.75, 3.05) is 0 Å². The standard InChI is InChI=1S/C15H19S2/c1-2-4-8-12(9-5-3-1)15-16-13-10-6-7-11-14(13)17-15/h6-7,10-11,15H,1-5,8-9H2. The van der Waals surface area contributed by atoms with Crippen molar-refractivity contribution >= 4 is 23.5 Å². The lowest BCUT2D eigenvalue weighted by atomic mass is 9.92. The van der Waals surface area contributed by atoms with E-state index in [0.29, 0.717) is 4.58 Å². The third kappa shape index (κ3) is 2.85. The first kappa shape index (κ1) is 12.0. The molecule has 1 aromatic rings. The quantitative estimate of drug-likeness (QED) is 0.653. The average molecular weight is 263 g/mol. The lowest BCUT2D eigenvalue weighted by molar-refractivity contribution is 0.528. The van der Waals surface area contributed by atoms with Crippen LogP contribution in [0, 0.1) is 5.92 Å². The normalized spacial score (nSPS) is 23.1. The van der Waals surface area contributed by atoms with E-state index in [1.54, 1.807) is 0 Å². The van der Waals surface area contributed by atoms with Crippen molar-refractivity contribution < 1.29 is 0 Å². The molecule has 91 valence electrons. The fourth-order valence-electron chi connectivity index (χ4n) is 2.66. The zero-order valence-electron chi connectivity index (χ0n) is 10.2. The first-order valence-electron chi connectivity index (χ1n) is 6.70. The van der Waals surface area contributed by atoms with Gasteiger partial charge in [0, 0.05) is 9.79 Å². The summed E-state index contributed by atoms with van der Waals surface area (Å²) in [5.41, 5.74) is 0. The Bertz CT molecular complexity index is 342. The molecule has 17 heavy (non-hydrogen) atoms. The van der Waals surface area contributed by atoms with Crippen molar-refractivity contribution in [1.82, 2.24) is 0 Å². The van der Waals surface area contributed by atoms with Gasteiger partial charge < -0.3 is 0 Å². The highest BCUT2D eigenvalue weighted by Crippen LogP contribution is 2.53. The molecule has 0 unspecified atom stereocenters. The zero-order valence-corrected chi connectivity index (χ0v) is 11.8. The second-order valence-corrected chi connectivity index (χ2v) is 7.53. The first-order valence-corrected chi connectivity index (χ1v) is 8.46. The van der Waals surface area contributed by atoms with E-state index >= 15 is 0 Å². The molecular weight excluding hydrogens is 244 g/mol. The molecule has 0 aromatic heterocycles. The summed E-state index contributed by atoms with van der Waals surface area (Å²) < 4.78 is 0.713. The predicted octanol–water partition coefficient (Wildman–Crippen LogP) is 5.53. The maximum atomic E-state index is 2.27. The molecule has 0 bridgehead atoms. The third-order valence-corrected chi connectivity index (χ3v) is 6.67. The van der Waals surface area contributed by atoms with Crippen molar-refractivity contribution in [1.29, 1.82) is 0 Å². The summed E-state index contributed by atoms with van der Waals surface area (Å²) in [5, 5.41) is 0. The number of rotatable bonds is 1. The van der Waals surface area contributed by atoms with Crippen LogP contribution in [0.2, 0.25) is 0 Å². The van der Waals surface area contributed by atoms with Gasteiger partial charge in [0.2, 0.25) is 0 Å². The van der Waals surface area contributed by atoms with Gasteiger partial charge in [-0.15, -0.1) is 23.5 Å². The number of thioether (sulfide) groups is 2. The highest BCUT2D eigenvalue weighted by atomic mass is 32.2. The van der Waals surface area contributed by atoms with Crippen LogP contribution >= 0.6 is 23.5 Å². The molecule has 0 atom stereocenters. The summed E-state index contributed by atoms with van der Waals surface area (Å²) >= 11 is 4.17. The molecule has 2 heteroatoms. The largest absolute Gasteiger partial charge is 0.110 e. The maximum Gasteiger partial charge on any atom is 0.0659 e. The fourth-order valence-corrected chi connectivity index (χ4v) is 5.71. The minimum absolute atomic E-state index is 0.713. The Morgan fingerprint density at radius 1 is 0.765 bits per heavy atom. The fraction of sp³-hybridized carbons (Fsp3) is 0.533. The van der Waals surface area contributed by atoms with E-state index in [4.69, 9.17) is 0 Å². The molecule has 0 N–H and O–H groups in total. The van der Waals surface area contributed by atoms with Gasteiger partial charge in [0.25, 0.3) is 0 Å². The van der Waals surface area contributed by atoms with Crippen LogP contribution in [-0.4, -0.2) is 4.58 Å². The summed E-state index contributed by atoms with van der Waals surface area (Å²) in [4.78, 5) is 2.99. The van der Waals surface area contributed by atoms with E-state index in [9.17, 15) is 0 Å². The van der Waals surface area contributed by atoms with Crippen LogP contribution in [0.15, 0.2) is 34.1 Å². The highest BCUT2D eigenvalue weighted by Gasteiger charge is 2.30. The second kappa shape index (κ2) is 5.71. The van der Waals surface area contributed by atoms with Crippen LogP contribution < -0.4 is 0 Å². The van der Waals surface area contributed by atoms with Crippen molar-refractivity contribution in [2.24, 2.45) is 0 Å². The molecule has 1 radical (unpaired) electrons. The Kier molecular flexibility index (Phi) is 4.02. The van der Waals surface area contributed by atoms with Gasteiger partial charge in [-0.25, -0.2) is 0 Å². The van der Waals surface area contributed by atoms with Crippen molar-refractivity contribution in [3.63, 3.8) is 0 Å². The van der Waals surface area contributed by atoms with Gasteiger partial charge in [0.1, 0.15) is 0 Å². The molecule has 0 nitrogen and oxygen atoms in total. The van der Waals surface area contributed by atoms with Crippen LogP contribution in [0.1, 0.15) is 44.9 Å². The monoisotopic (exact) mass is 263 g/mol. The van der Waals surface area contributed by atoms with E-state index < -0.39 is 0 Å². The molecule has 0 saturated heterocycles. The molecular formula is C15H19S2. The van der Waals surface area contributed by atoms with E-state index in [1.807, 2.05) is 5.92 Å². The molecule has 1 fully saturated rings. The Balaban J connectivity index is 1.66. The number of hydrogen-bond acceptors (Lipinski definition) is 2. The minimum atomic E-state index is 0.713. The van der Waals surface area contributed by atoms with Crippen LogP contribution in [0.25, 0.3) is 0 Å². The Morgan fingerprint density at radius 3 is 1.88 bits per heavy atom. The molecule has 0 spiro atoms. The smallest absolute Gasteiger partial charge is 0.0659 e. The Hall–Kier alpha value is -0.0800. The van der Waals surface area contributed by atoms with Gasteiger partial charge in [-0.1, -0.05) is 44.2 Å². The van der Waals surface area contributed by atoms with Gasteiger partial charge in [-0.3, -0.25) is 0 Å². The van der Waals surface area contributed by atoms with Crippen molar-refractivity contribution in [2.45, 2.75) is 59.3 Å². The van der Waals surface area contributed by atoms with Crippen molar-refractivity contribution in [3.8, 4) is 0 Å². The zero-order chi connectivity index (χ0) is 11.5. The first-order chi connectivity index (χ1) is 8.43.